The van der Waals surface area contributed by atoms with E-state index in [1.54, 1.807) is 18.2 Å². The molecule has 0 aliphatic heterocycles. The largest absolute Gasteiger partial charge is 0.506 e. The number of pyridine rings is 1. The van der Waals surface area contributed by atoms with Gasteiger partial charge < -0.3 is 20.5 Å². The zero-order valence-corrected chi connectivity index (χ0v) is 17.7. The lowest BCUT2D eigenvalue weighted by Crippen LogP contribution is -2.29. The highest BCUT2D eigenvalue weighted by Gasteiger charge is 2.19. The van der Waals surface area contributed by atoms with Crippen LogP contribution in [-0.2, 0) is 0 Å². The molecule has 1 unspecified atom stereocenters. The van der Waals surface area contributed by atoms with Gasteiger partial charge in [0.1, 0.15) is 5.75 Å². The number of aliphatic hydroxyl groups is 1. The van der Waals surface area contributed by atoms with E-state index in [0.717, 1.165) is 5.56 Å². The molecule has 4 rings (SSSR count). The molecule has 4 N–H and O–H groups in total. The van der Waals surface area contributed by atoms with Crippen molar-refractivity contribution < 1.29 is 10.2 Å². The quantitative estimate of drug-likeness (QED) is 0.351. The van der Waals surface area contributed by atoms with Gasteiger partial charge in [-0.2, -0.15) is 0 Å². The van der Waals surface area contributed by atoms with Gasteiger partial charge in [0.2, 0.25) is 5.56 Å². The number of hydrogen-bond acceptors (Lipinski definition) is 4. The molecule has 0 saturated carbocycles. The fourth-order valence-corrected chi connectivity index (χ4v) is 3.89. The minimum absolute atomic E-state index is 0. The Morgan fingerprint density at radius 1 is 0.839 bits per heavy atom. The third-order valence-electron chi connectivity index (χ3n) is 5.44. The van der Waals surface area contributed by atoms with Crippen LogP contribution in [0.25, 0.3) is 10.9 Å². The molecule has 160 valence electrons. The van der Waals surface area contributed by atoms with Crippen LogP contribution >= 0.6 is 12.4 Å². The van der Waals surface area contributed by atoms with Crippen LogP contribution in [-0.4, -0.2) is 28.3 Å². The highest BCUT2D eigenvalue weighted by Crippen LogP contribution is 2.30. The van der Waals surface area contributed by atoms with Crippen LogP contribution < -0.4 is 10.9 Å². The molecule has 1 aromatic heterocycles. The van der Waals surface area contributed by atoms with Crippen molar-refractivity contribution in [2.75, 3.05) is 13.2 Å². The van der Waals surface area contributed by atoms with Crippen molar-refractivity contribution in [3.8, 4) is 5.75 Å². The summed E-state index contributed by atoms with van der Waals surface area (Å²) in [5.41, 5.74) is 3.29. The molecule has 1 atom stereocenters. The summed E-state index contributed by atoms with van der Waals surface area (Å²) in [5.74, 6) is 0.124. The van der Waals surface area contributed by atoms with E-state index in [1.807, 2.05) is 36.4 Å². The average Bonchev–Trinajstić information content (AvgIpc) is 2.79. The Morgan fingerprint density at radius 2 is 1.45 bits per heavy atom. The van der Waals surface area contributed by atoms with Gasteiger partial charge in [-0.15, -0.1) is 12.4 Å². The molecule has 31 heavy (non-hydrogen) atoms. The standard InChI is InChI=1S/C25H24N2O3.ClH/c28-16-22(19-11-13-23(29)25-20(19)12-14-24(30)27-25)26-15-21(17-7-3-1-4-8-17)18-9-5-2-6-10-18;/h1-14,21-22,26,28-29H,15-16H2,(H,27,30);1H. The monoisotopic (exact) mass is 436 g/mol. The molecular formula is C25H25ClN2O3. The van der Waals surface area contributed by atoms with E-state index in [-0.39, 0.29) is 42.3 Å². The van der Waals surface area contributed by atoms with Crippen LogP contribution in [0, 0.1) is 0 Å². The maximum absolute atomic E-state index is 11.7. The summed E-state index contributed by atoms with van der Waals surface area (Å²) in [6, 6.07) is 26.6. The Morgan fingerprint density at radius 3 is 2.03 bits per heavy atom. The molecule has 6 heteroatoms. The Balaban J connectivity index is 0.00000272. The molecular weight excluding hydrogens is 412 g/mol. The molecule has 5 nitrogen and oxygen atoms in total. The molecule has 0 saturated heterocycles. The average molecular weight is 437 g/mol. The van der Waals surface area contributed by atoms with Crippen molar-refractivity contribution in [2.24, 2.45) is 0 Å². The van der Waals surface area contributed by atoms with E-state index >= 15 is 0 Å². The van der Waals surface area contributed by atoms with Crippen LogP contribution in [0.3, 0.4) is 0 Å². The third-order valence-corrected chi connectivity index (χ3v) is 5.44. The van der Waals surface area contributed by atoms with Gasteiger partial charge in [-0.3, -0.25) is 4.79 Å². The van der Waals surface area contributed by atoms with Crippen molar-refractivity contribution >= 4 is 23.3 Å². The maximum atomic E-state index is 11.7. The van der Waals surface area contributed by atoms with E-state index in [2.05, 4.69) is 34.6 Å². The summed E-state index contributed by atoms with van der Waals surface area (Å²) in [4.78, 5) is 14.4. The third kappa shape index (κ3) is 4.97. The molecule has 1 heterocycles. The summed E-state index contributed by atoms with van der Waals surface area (Å²) in [6.07, 6.45) is 0. The van der Waals surface area contributed by atoms with Gasteiger partial charge in [0, 0.05) is 23.9 Å². The summed E-state index contributed by atoms with van der Waals surface area (Å²) < 4.78 is 0. The van der Waals surface area contributed by atoms with Crippen molar-refractivity contribution in [1.82, 2.24) is 10.3 Å². The van der Waals surface area contributed by atoms with Crippen LogP contribution in [0.2, 0.25) is 0 Å². The SMILES string of the molecule is Cl.O=c1ccc2c(C(CO)NCC(c3ccccc3)c3ccccc3)ccc(O)c2[nH]1. The van der Waals surface area contributed by atoms with Crippen LogP contribution in [0.4, 0.5) is 0 Å². The van der Waals surface area contributed by atoms with E-state index in [0.29, 0.717) is 17.4 Å². The Bertz CT molecular complexity index is 1140. The van der Waals surface area contributed by atoms with E-state index in [9.17, 15) is 15.0 Å². The number of aliphatic hydroxyl groups excluding tert-OH is 1. The summed E-state index contributed by atoms with van der Waals surface area (Å²) >= 11 is 0. The number of nitrogens with one attached hydrogen (secondary N) is 2. The smallest absolute Gasteiger partial charge is 0.248 e. The zero-order valence-electron chi connectivity index (χ0n) is 16.9. The molecule has 0 aliphatic carbocycles. The number of aromatic hydroxyl groups is 1. The molecule has 0 bridgehead atoms. The Labute approximate surface area is 186 Å². The molecule has 0 fully saturated rings. The lowest BCUT2D eigenvalue weighted by Gasteiger charge is -2.24. The van der Waals surface area contributed by atoms with Crippen molar-refractivity contribution in [2.45, 2.75) is 12.0 Å². The second-order valence-electron chi connectivity index (χ2n) is 7.30. The maximum Gasteiger partial charge on any atom is 0.248 e. The van der Waals surface area contributed by atoms with Gasteiger partial charge in [0.25, 0.3) is 0 Å². The molecule has 4 aromatic rings. The number of fused-ring (bicyclic) bond motifs is 1. The Kier molecular flexibility index (Phi) is 7.47. The lowest BCUT2D eigenvalue weighted by atomic mass is 9.90. The predicted molar refractivity (Wildman–Crippen MR) is 126 cm³/mol. The predicted octanol–water partition coefficient (Wildman–Crippen LogP) is 4.11. The second kappa shape index (κ2) is 10.3. The summed E-state index contributed by atoms with van der Waals surface area (Å²) in [5, 5.41) is 24.4. The van der Waals surface area contributed by atoms with E-state index < -0.39 is 0 Å². The van der Waals surface area contributed by atoms with Gasteiger partial charge in [-0.1, -0.05) is 66.7 Å². The minimum atomic E-state index is -0.353. The zero-order chi connectivity index (χ0) is 20.9. The number of halogens is 1. The molecule has 0 aliphatic rings. The number of phenolic OH excluding ortho intramolecular Hbond substituents is 1. The number of phenols is 1. The number of aromatic amines is 1. The van der Waals surface area contributed by atoms with Crippen molar-refractivity contribution in [3.63, 3.8) is 0 Å². The fourth-order valence-electron chi connectivity index (χ4n) is 3.89. The number of H-pyrrole nitrogens is 1. The first-order chi connectivity index (χ1) is 14.7. The van der Waals surface area contributed by atoms with Crippen molar-refractivity contribution in [3.05, 3.63) is 112 Å². The first-order valence-electron chi connectivity index (χ1n) is 9.96. The lowest BCUT2D eigenvalue weighted by molar-refractivity contribution is 0.244. The van der Waals surface area contributed by atoms with Gasteiger partial charge in [0.15, 0.2) is 0 Å². The summed E-state index contributed by atoms with van der Waals surface area (Å²) in [7, 11) is 0. The topological polar surface area (TPSA) is 85.3 Å². The number of benzene rings is 3. The minimum Gasteiger partial charge on any atom is -0.506 e. The highest BCUT2D eigenvalue weighted by atomic mass is 35.5. The fraction of sp³-hybridized carbons (Fsp3) is 0.160. The van der Waals surface area contributed by atoms with Gasteiger partial charge in [-0.25, -0.2) is 0 Å². The molecule has 0 amide bonds. The van der Waals surface area contributed by atoms with Crippen LogP contribution in [0.15, 0.2) is 89.7 Å². The van der Waals surface area contributed by atoms with E-state index in [4.69, 9.17) is 0 Å². The molecule has 0 spiro atoms. The van der Waals surface area contributed by atoms with Gasteiger partial charge in [-0.05, 0) is 28.8 Å². The molecule has 3 aromatic carbocycles. The normalized spacial score (nSPS) is 11.9. The number of rotatable bonds is 7. The number of aromatic nitrogens is 1. The Hall–Kier alpha value is -3.12. The number of hydrogen-bond donors (Lipinski definition) is 4. The summed E-state index contributed by atoms with van der Waals surface area (Å²) in [6.45, 7) is 0.500. The van der Waals surface area contributed by atoms with Crippen LogP contribution in [0.1, 0.15) is 28.7 Å². The highest BCUT2D eigenvalue weighted by molar-refractivity contribution is 5.87. The van der Waals surface area contributed by atoms with Gasteiger partial charge in [0.05, 0.1) is 18.2 Å². The first-order valence-corrected chi connectivity index (χ1v) is 9.96. The second-order valence-corrected chi connectivity index (χ2v) is 7.30. The van der Waals surface area contributed by atoms with Crippen LogP contribution in [0.5, 0.6) is 5.75 Å². The van der Waals surface area contributed by atoms with Gasteiger partial charge >= 0.3 is 0 Å². The molecule has 0 radical (unpaired) electrons. The van der Waals surface area contributed by atoms with Crippen molar-refractivity contribution in [1.29, 1.82) is 0 Å². The first kappa shape index (κ1) is 22.6. The van der Waals surface area contributed by atoms with E-state index in [1.165, 1.54) is 17.2 Å².